The highest BCUT2D eigenvalue weighted by Crippen LogP contribution is 2.47. The van der Waals surface area contributed by atoms with E-state index in [4.69, 9.17) is 13.8 Å². The summed E-state index contributed by atoms with van der Waals surface area (Å²) >= 11 is 0. The number of allylic oxidation sites excluding steroid dienone is 30. The van der Waals surface area contributed by atoms with Gasteiger partial charge in [-0.1, -0.05) is 182 Å². The molecule has 7 atom stereocenters. The van der Waals surface area contributed by atoms with E-state index in [0.717, 1.165) is 167 Å². The molecule has 0 radical (unpaired) electrons. The lowest BCUT2D eigenvalue weighted by Gasteiger charge is -2.39. The Morgan fingerprint density at radius 2 is 0.562 bits per heavy atom. The highest BCUT2D eigenvalue weighted by Gasteiger charge is 2.46. The number of hydrogen-bond donors (Lipinski definition) is 5. The van der Waals surface area contributed by atoms with Crippen LogP contribution in [0, 0.1) is 5.92 Å². The van der Waals surface area contributed by atoms with Gasteiger partial charge in [-0.2, -0.15) is 0 Å². The van der Waals surface area contributed by atoms with Crippen molar-refractivity contribution in [2.24, 2.45) is 5.92 Å². The third-order valence-electron chi connectivity index (χ3n) is 18.6. The van der Waals surface area contributed by atoms with E-state index in [1.807, 2.05) is 0 Å². The Kier molecular flexibility index (Phi) is 51.4. The molecule has 0 aromatic heterocycles. The summed E-state index contributed by atoms with van der Waals surface area (Å²) in [6.45, 7) is 37.6. The first-order valence-electron chi connectivity index (χ1n) is 37.4. The van der Waals surface area contributed by atoms with Gasteiger partial charge in [0.2, 0.25) is 0 Å². The second kappa shape index (κ2) is 54.8. The summed E-state index contributed by atoms with van der Waals surface area (Å²) in [5.41, 5.74) is 22.3. The first-order valence-corrected chi connectivity index (χ1v) is 38.9. The van der Waals surface area contributed by atoms with Crippen molar-refractivity contribution < 1.29 is 43.7 Å². The lowest BCUT2D eigenvalue weighted by Crippen LogP contribution is -2.58. The molecule has 1 saturated heterocycles. The Hall–Kier alpha value is -3.99. The number of phosphoric ester groups is 1. The number of ether oxygens (including phenoxy) is 1. The van der Waals surface area contributed by atoms with Crippen molar-refractivity contribution in [2.75, 3.05) is 13.2 Å². The van der Waals surface area contributed by atoms with Crippen LogP contribution >= 0.6 is 7.82 Å². The van der Waals surface area contributed by atoms with Gasteiger partial charge in [0, 0.05) is 0 Å². The highest BCUT2D eigenvalue weighted by atomic mass is 31.2. The largest absolute Gasteiger partial charge is 0.474 e. The van der Waals surface area contributed by atoms with Crippen molar-refractivity contribution in [1.82, 2.24) is 0 Å². The summed E-state index contributed by atoms with van der Waals surface area (Å²) < 4.78 is 27.6. The van der Waals surface area contributed by atoms with Crippen molar-refractivity contribution in [2.45, 2.75) is 347 Å². The van der Waals surface area contributed by atoms with E-state index in [2.05, 4.69) is 209 Å². The predicted octanol–water partition coefficient (Wildman–Crippen LogP) is 24.9. The van der Waals surface area contributed by atoms with Gasteiger partial charge in [0.15, 0.2) is 6.29 Å². The molecule has 0 amide bonds. The zero-order valence-electron chi connectivity index (χ0n) is 64.3. The Morgan fingerprint density at radius 1 is 0.344 bits per heavy atom. The molecule has 0 spiro atoms. The maximum absolute atomic E-state index is 12.5. The molecule has 1 fully saturated rings. The minimum Gasteiger partial charge on any atom is -0.394 e. The number of aliphatic hydroxyl groups is 4. The summed E-state index contributed by atoms with van der Waals surface area (Å²) in [6.07, 6.45) is 62.3. The maximum Gasteiger partial charge on any atom is 0.474 e. The molecule has 0 saturated carbocycles. The molecule has 0 bridgehead atoms. The highest BCUT2D eigenvalue weighted by molar-refractivity contribution is 7.47. The average Bonchev–Trinajstić information content (AvgIpc) is 0.815. The van der Waals surface area contributed by atoms with Crippen LogP contribution in [0.15, 0.2) is 175 Å². The third kappa shape index (κ3) is 49.5. The lowest BCUT2D eigenvalue weighted by atomic mass is 10.00. The van der Waals surface area contributed by atoms with Gasteiger partial charge in [0.25, 0.3) is 0 Å². The molecule has 0 aliphatic carbocycles. The molecule has 1 heterocycles. The van der Waals surface area contributed by atoms with Gasteiger partial charge in [-0.25, -0.2) is 4.57 Å². The maximum atomic E-state index is 12.5. The van der Waals surface area contributed by atoms with Crippen molar-refractivity contribution in [3.63, 3.8) is 0 Å². The van der Waals surface area contributed by atoms with E-state index < -0.39 is 45.1 Å². The zero-order chi connectivity index (χ0) is 71.7. The molecule has 5 N–H and O–H groups in total. The van der Waals surface area contributed by atoms with E-state index in [-0.39, 0.29) is 12.5 Å². The summed E-state index contributed by atoms with van der Waals surface area (Å²) in [6, 6.07) is 0. The zero-order valence-corrected chi connectivity index (χ0v) is 65.2. The molecular weight excluding hydrogens is 1210 g/mol. The lowest BCUT2D eigenvalue weighted by molar-refractivity contribution is -0.281. The van der Waals surface area contributed by atoms with Crippen molar-refractivity contribution in [3.05, 3.63) is 175 Å². The molecular formula is C86H143O9P. The molecule has 0 aromatic rings. The van der Waals surface area contributed by atoms with Crippen LogP contribution in [0.4, 0.5) is 0 Å². The van der Waals surface area contributed by atoms with Gasteiger partial charge in [-0.3, -0.25) is 9.05 Å². The van der Waals surface area contributed by atoms with E-state index in [9.17, 15) is 29.9 Å². The van der Waals surface area contributed by atoms with Crippen LogP contribution in [0.1, 0.15) is 317 Å². The second-order valence-electron chi connectivity index (χ2n) is 29.1. The quantitative estimate of drug-likeness (QED) is 0.0297. The van der Waals surface area contributed by atoms with Crippen LogP contribution in [0.5, 0.6) is 0 Å². The summed E-state index contributed by atoms with van der Waals surface area (Å²) in [5, 5.41) is 39.3. The molecule has 1 aliphatic heterocycles. The predicted molar refractivity (Wildman–Crippen MR) is 415 cm³/mol. The fourth-order valence-corrected chi connectivity index (χ4v) is 12.4. The molecule has 1 aliphatic rings. The molecule has 9 nitrogen and oxygen atoms in total. The van der Waals surface area contributed by atoms with Crippen molar-refractivity contribution >= 4 is 7.82 Å². The molecule has 546 valence electrons. The fraction of sp³-hybridized carbons (Fsp3) is 0.651. The van der Waals surface area contributed by atoms with Crippen molar-refractivity contribution in [1.29, 1.82) is 0 Å². The molecule has 96 heavy (non-hydrogen) atoms. The van der Waals surface area contributed by atoms with Crippen LogP contribution in [0.25, 0.3) is 0 Å². The molecule has 1 rings (SSSR count). The van der Waals surface area contributed by atoms with E-state index >= 15 is 0 Å². The summed E-state index contributed by atoms with van der Waals surface area (Å²) in [5.74, 6) is 0.226. The van der Waals surface area contributed by atoms with E-state index in [1.165, 1.54) is 109 Å². The minimum absolute atomic E-state index is 0.0466. The Morgan fingerprint density at radius 3 is 0.781 bits per heavy atom. The van der Waals surface area contributed by atoms with Gasteiger partial charge in [-0.15, -0.1) is 0 Å². The monoisotopic (exact) mass is 1350 g/mol. The van der Waals surface area contributed by atoms with Crippen LogP contribution in [-0.4, -0.2) is 69.2 Å². The Bertz CT molecular complexity index is 2720. The Balaban J connectivity index is 2.23. The van der Waals surface area contributed by atoms with Gasteiger partial charge in [0.05, 0.1) is 13.2 Å². The van der Waals surface area contributed by atoms with Gasteiger partial charge >= 0.3 is 7.82 Å². The standard InChI is InChI=1S/C86H143O9P/c1-66(2)33-18-34-67(3)35-19-36-68(4)37-20-38-69(5)39-21-40-70(6)41-22-42-71(7)43-23-44-72(8)45-24-46-73(9)47-25-48-74(10)49-26-50-75(11)51-27-52-76(12)53-28-54-77(13)55-29-56-78(14)57-30-58-79(15)59-31-60-80(16)61-32-62-81(17)63-64-93-96(91,92)95-86-85(90)84(89)83(88)82(65-87)94-86/h33,35,37,39,41,43,45,47,49,51,53,55,57,59,61,81-90H,18-32,34,36,38,40,42,44,46,48,50,52,54,56,58,60,62-65H2,1-17H3,(H,91,92)/b67-35+,68-37+,69-39-,70-41-,71-43-,72-45-,73-47-,74-49-,75-51-,76-53-,77-55-,78-57-,79-59-,80-61-/t81?,82-,83-,84+,85+,86+/m1/s1. The molecule has 0 aromatic carbocycles. The van der Waals surface area contributed by atoms with Crippen molar-refractivity contribution in [3.8, 4) is 0 Å². The van der Waals surface area contributed by atoms with Gasteiger partial charge in [-0.05, 0) is 316 Å². The van der Waals surface area contributed by atoms with E-state index in [0.29, 0.717) is 6.42 Å². The first-order chi connectivity index (χ1) is 45.6. The number of phosphoric acid groups is 1. The van der Waals surface area contributed by atoms with Crippen LogP contribution in [-0.2, 0) is 18.3 Å². The van der Waals surface area contributed by atoms with Crippen LogP contribution < -0.4 is 0 Å². The average molecular weight is 1350 g/mol. The van der Waals surface area contributed by atoms with Gasteiger partial charge in [0.1, 0.15) is 24.4 Å². The van der Waals surface area contributed by atoms with E-state index in [1.54, 1.807) is 0 Å². The second-order valence-corrected chi connectivity index (χ2v) is 30.5. The number of aliphatic hydroxyl groups excluding tert-OH is 4. The van der Waals surface area contributed by atoms with Crippen LogP contribution in [0.2, 0.25) is 0 Å². The molecule has 10 heteroatoms. The number of rotatable bonds is 52. The number of hydrogen-bond acceptors (Lipinski definition) is 8. The summed E-state index contributed by atoms with van der Waals surface area (Å²) in [7, 11) is -4.64. The SMILES string of the molecule is CC(C)=CCC/C(C)=C/CC/C(C)=C/CC/C(C)=C\CC/C(C)=C\CC/C(C)=C\CC/C(C)=C\CC/C(C)=C\CC/C(C)=C\CC/C(C)=C\CC/C(C)=C\CC/C(C)=C\CC/C(C)=C\CC/C(C)=C\CC/C(C)=C\CCC(C)CCOP(=O)(O)O[C@@H]1O[C@H](CO)[C@@H](O)[C@H](O)[C@@H]1O. The topological polar surface area (TPSA) is 146 Å². The summed E-state index contributed by atoms with van der Waals surface area (Å²) in [4.78, 5) is 10.1. The minimum atomic E-state index is -4.64. The molecule has 2 unspecified atom stereocenters. The smallest absolute Gasteiger partial charge is 0.394 e. The van der Waals surface area contributed by atoms with Crippen LogP contribution in [0.3, 0.4) is 0 Å². The third-order valence-corrected chi connectivity index (χ3v) is 19.6. The first kappa shape index (κ1) is 90.0. The van der Waals surface area contributed by atoms with Gasteiger partial charge < -0.3 is 30.1 Å². The Labute approximate surface area is 589 Å². The normalized spacial score (nSPS) is 20.4. The fourth-order valence-electron chi connectivity index (χ4n) is 11.6.